The summed E-state index contributed by atoms with van der Waals surface area (Å²) in [4.78, 5) is 27.6. The number of hydrogen-bond donors (Lipinski definition) is 1. The van der Waals surface area contributed by atoms with Gasteiger partial charge >= 0.3 is 0 Å². The fourth-order valence-corrected chi connectivity index (χ4v) is 4.54. The van der Waals surface area contributed by atoms with Crippen LogP contribution in [-0.2, 0) is 9.59 Å². The molecule has 3 rings (SSSR count). The second-order valence-corrected chi connectivity index (χ2v) is 8.62. The fourth-order valence-electron chi connectivity index (χ4n) is 4.54. The third-order valence-corrected chi connectivity index (χ3v) is 6.29. The smallest absolute Gasteiger partial charge is 0.227 e. The number of carbonyl (C=O) groups excluding carboxylic acids is 2. The van der Waals surface area contributed by atoms with Crippen LogP contribution < -0.4 is 5.32 Å². The van der Waals surface area contributed by atoms with E-state index in [1.807, 2.05) is 0 Å². The average molecular weight is 371 g/mol. The van der Waals surface area contributed by atoms with Crippen molar-refractivity contribution in [1.82, 2.24) is 4.90 Å². The van der Waals surface area contributed by atoms with Gasteiger partial charge in [-0.1, -0.05) is 32.0 Å². The lowest BCUT2D eigenvalue weighted by Crippen LogP contribution is -2.41. The van der Waals surface area contributed by atoms with Gasteiger partial charge in [0, 0.05) is 30.6 Å². The Morgan fingerprint density at radius 3 is 2.26 bits per heavy atom. The van der Waals surface area contributed by atoms with E-state index in [0.717, 1.165) is 62.9 Å². The Kier molecular flexibility index (Phi) is 6.56. The number of rotatable bonds is 4. The predicted octanol–water partition coefficient (Wildman–Crippen LogP) is 4.88. The van der Waals surface area contributed by atoms with E-state index in [1.54, 1.807) is 0 Å². The number of amides is 2. The Bertz CT molecular complexity index is 669. The third-order valence-electron chi connectivity index (χ3n) is 6.29. The summed E-state index contributed by atoms with van der Waals surface area (Å²) in [5.41, 5.74) is 3.28. The van der Waals surface area contributed by atoms with Crippen molar-refractivity contribution < 1.29 is 9.59 Å². The molecule has 148 valence electrons. The van der Waals surface area contributed by atoms with Gasteiger partial charge in [-0.05, 0) is 68.9 Å². The zero-order valence-electron chi connectivity index (χ0n) is 17.1. The zero-order valence-corrected chi connectivity index (χ0v) is 17.1. The van der Waals surface area contributed by atoms with E-state index < -0.39 is 0 Å². The molecule has 1 aliphatic heterocycles. The maximum Gasteiger partial charge on any atom is 0.227 e. The number of carbonyl (C=O) groups is 2. The van der Waals surface area contributed by atoms with E-state index in [2.05, 4.69) is 49.2 Å². The van der Waals surface area contributed by atoms with Gasteiger partial charge in [-0.15, -0.1) is 0 Å². The van der Waals surface area contributed by atoms with Crippen molar-refractivity contribution in [3.8, 4) is 0 Å². The third kappa shape index (κ3) is 4.72. The van der Waals surface area contributed by atoms with Crippen LogP contribution in [0.5, 0.6) is 0 Å². The molecular weight excluding hydrogens is 336 g/mol. The molecule has 0 spiro atoms. The van der Waals surface area contributed by atoms with Gasteiger partial charge < -0.3 is 10.2 Å². The molecule has 1 aliphatic carbocycles. The highest BCUT2D eigenvalue weighted by Gasteiger charge is 2.32. The standard InChI is InChI=1S/C23H34N2O2/c1-16(2)20-9-7-8-17(3)21(20)24-22(26)18-10-12-19(13-11-18)23(27)25-14-5-4-6-15-25/h7-9,16,18-19H,4-6,10-15H2,1-3H3,(H,24,26). The SMILES string of the molecule is Cc1cccc(C(C)C)c1NC(=O)C1CCC(C(=O)N2CCCCC2)CC1. The highest BCUT2D eigenvalue weighted by molar-refractivity contribution is 5.94. The van der Waals surface area contributed by atoms with Gasteiger partial charge in [-0.25, -0.2) is 0 Å². The van der Waals surface area contributed by atoms with E-state index in [-0.39, 0.29) is 17.7 Å². The minimum Gasteiger partial charge on any atom is -0.342 e. The maximum absolute atomic E-state index is 12.9. The number of para-hydroxylation sites is 1. The number of piperidine rings is 1. The van der Waals surface area contributed by atoms with Crippen LogP contribution in [0.2, 0.25) is 0 Å². The molecule has 0 aromatic heterocycles. The maximum atomic E-state index is 12.9. The molecule has 1 aromatic carbocycles. The second-order valence-electron chi connectivity index (χ2n) is 8.62. The van der Waals surface area contributed by atoms with Crippen LogP contribution in [0.15, 0.2) is 18.2 Å². The van der Waals surface area contributed by atoms with Crippen LogP contribution in [0.4, 0.5) is 5.69 Å². The Morgan fingerprint density at radius 1 is 1.00 bits per heavy atom. The first-order chi connectivity index (χ1) is 13.0. The minimum atomic E-state index is 0.0232. The van der Waals surface area contributed by atoms with Crippen molar-refractivity contribution in [2.75, 3.05) is 18.4 Å². The largest absolute Gasteiger partial charge is 0.342 e. The number of hydrogen-bond acceptors (Lipinski definition) is 2. The van der Waals surface area contributed by atoms with Crippen molar-refractivity contribution in [3.63, 3.8) is 0 Å². The van der Waals surface area contributed by atoms with Crippen LogP contribution in [0.3, 0.4) is 0 Å². The first-order valence-electron chi connectivity index (χ1n) is 10.7. The lowest BCUT2D eigenvalue weighted by Gasteiger charge is -2.33. The number of anilines is 1. The topological polar surface area (TPSA) is 49.4 Å². The monoisotopic (exact) mass is 370 g/mol. The second kappa shape index (κ2) is 8.90. The lowest BCUT2D eigenvalue weighted by atomic mass is 9.80. The fraction of sp³-hybridized carbons (Fsp3) is 0.652. The molecule has 2 fully saturated rings. The quantitative estimate of drug-likeness (QED) is 0.821. The van der Waals surface area contributed by atoms with Crippen molar-refractivity contribution in [2.45, 2.75) is 71.6 Å². The summed E-state index contributed by atoms with van der Waals surface area (Å²) in [7, 11) is 0. The van der Waals surface area contributed by atoms with Gasteiger partial charge in [0.15, 0.2) is 0 Å². The molecule has 0 atom stereocenters. The van der Waals surface area contributed by atoms with E-state index in [4.69, 9.17) is 0 Å². The number of nitrogens with one attached hydrogen (secondary N) is 1. The first-order valence-corrected chi connectivity index (χ1v) is 10.7. The molecule has 0 bridgehead atoms. The van der Waals surface area contributed by atoms with E-state index in [0.29, 0.717) is 11.8 Å². The molecule has 0 unspecified atom stereocenters. The van der Waals surface area contributed by atoms with Crippen molar-refractivity contribution in [2.24, 2.45) is 11.8 Å². The zero-order chi connectivity index (χ0) is 19.4. The summed E-state index contributed by atoms with van der Waals surface area (Å²) < 4.78 is 0. The van der Waals surface area contributed by atoms with E-state index in [1.165, 1.54) is 12.0 Å². The normalized spacial score (nSPS) is 23.3. The summed E-state index contributed by atoms with van der Waals surface area (Å²) in [5.74, 6) is 0.967. The van der Waals surface area contributed by atoms with Crippen LogP contribution in [0, 0.1) is 18.8 Å². The highest BCUT2D eigenvalue weighted by atomic mass is 16.2. The number of aryl methyl sites for hydroxylation is 1. The van der Waals surface area contributed by atoms with Gasteiger partial charge in [0.05, 0.1) is 0 Å². The molecule has 27 heavy (non-hydrogen) atoms. The first kappa shape index (κ1) is 19.9. The molecule has 1 saturated carbocycles. The predicted molar refractivity (Wildman–Crippen MR) is 110 cm³/mol. The van der Waals surface area contributed by atoms with Gasteiger partial charge in [-0.3, -0.25) is 9.59 Å². The van der Waals surface area contributed by atoms with Gasteiger partial charge in [0.2, 0.25) is 11.8 Å². The lowest BCUT2D eigenvalue weighted by molar-refractivity contribution is -0.138. The molecule has 4 heteroatoms. The molecule has 1 heterocycles. The Morgan fingerprint density at radius 2 is 1.63 bits per heavy atom. The van der Waals surface area contributed by atoms with Crippen LogP contribution in [0.25, 0.3) is 0 Å². The summed E-state index contributed by atoms with van der Waals surface area (Å²) in [5, 5.41) is 3.20. The molecule has 1 saturated heterocycles. The van der Waals surface area contributed by atoms with Gasteiger partial charge in [-0.2, -0.15) is 0 Å². The molecular formula is C23H34N2O2. The number of benzene rings is 1. The minimum absolute atomic E-state index is 0.0232. The molecule has 1 N–H and O–H groups in total. The molecule has 2 amide bonds. The Labute approximate surface area is 163 Å². The van der Waals surface area contributed by atoms with E-state index >= 15 is 0 Å². The van der Waals surface area contributed by atoms with Crippen molar-refractivity contribution >= 4 is 17.5 Å². The molecule has 4 nitrogen and oxygen atoms in total. The van der Waals surface area contributed by atoms with Gasteiger partial charge in [0.25, 0.3) is 0 Å². The summed E-state index contributed by atoms with van der Waals surface area (Å²) >= 11 is 0. The number of nitrogens with zero attached hydrogens (tertiary/aromatic N) is 1. The Balaban J connectivity index is 1.57. The van der Waals surface area contributed by atoms with Gasteiger partial charge in [0.1, 0.15) is 0 Å². The average Bonchev–Trinajstić information content (AvgIpc) is 2.69. The highest BCUT2D eigenvalue weighted by Crippen LogP contribution is 2.33. The molecule has 1 aromatic rings. The molecule has 0 radical (unpaired) electrons. The summed E-state index contributed by atoms with van der Waals surface area (Å²) in [6.07, 6.45) is 6.85. The molecule has 2 aliphatic rings. The van der Waals surface area contributed by atoms with Crippen LogP contribution in [-0.4, -0.2) is 29.8 Å². The van der Waals surface area contributed by atoms with Crippen LogP contribution >= 0.6 is 0 Å². The van der Waals surface area contributed by atoms with E-state index in [9.17, 15) is 9.59 Å². The summed E-state index contributed by atoms with van der Waals surface area (Å²) in [6, 6.07) is 6.20. The summed E-state index contributed by atoms with van der Waals surface area (Å²) in [6.45, 7) is 8.20. The van der Waals surface area contributed by atoms with Crippen molar-refractivity contribution in [1.29, 1.82) is 0 Å². The Hall–Kier alpha value is -1.84. The number of likely N-dealkylation sites (tertiary alicyclic amines) is 1. The van der Waals surface area contributed by atoms with Crippen molar-refractivity contribution in [3.05, 3.63) is 29.3 Å². The van der Waals surface area contributed by atoms with Crippen LogP contribution in [0.1, 0.15) is 75.8 Å².